The van der Waals surface area contributed by atoms with Gasteiger partial charge in [0.1, 0.15) is 5.82 Å². The van der Waals surface area contributed by atoms with Crippen LogP contribution >= 0.6 is 0 Å². The van der Waals surface area contributed by atoms with E-state index in [0.29, 0.717) is 0 Å². The van der Waals surface area contributed by atoms with Gasteiger partial charge in [0.2, 0.25) is 0 Å². The molecule has 270 valence electrons. The zero-order valence-corrected chi connectivity index (χ0v) is 31.5. The summed E-state index contributed by atoms with van der Waals surface area (Å²) in [4.78, 5) is 5.60. The third-order valence-corrected chi connectivity index (χ3v) is 11.9. The second-order valence-corrected chi connectivity index (χ2v) is 15.2. The molecule has 3 nitrogen and oxygen atoms in total. The van der Waals surface area contributed by atoms with Gasteiger partial charge in [-0.3, -0.25) is 4.57 Å². The maximum absolute atomic E-state index is 5.60. The van der Waals surface area contributed by atoms with Gasteiger partial charge in [0.05, 0.1) is 33.3 Å². The molecule has 4 aromatic heterocycles. The van der Waals surface area contributed by atoms with Crippen molar-refractivity contribution in [1.29, 1.82) is 0 Å². The Morgan fingerprint density at radius 3 is 1.47 bits per heavy atom. The quantitative estimate of drug-likeness (QED) is 0.161. The van der Waals surface area contributed by atoms with E-state index in [0.717, 1.165) is 44.8 Å². The third-order valence-electron chi connectivity index (χ3n) is 11.9. The fourth-order valence-corrected chi connectivity index (χ4v) is 9.22. The Morgan fingerprint density at radius 2 is 0.776 bits per heavy atom. The number of rotatable bonds is 5. The number of hydrogen-bond acceptors (Lipinski definition) is 1. The van der Waals surface area contributed by atoms with Crippen molar-refractivity contribution in [1.82, 2.24) is 14.0 Å². The molecule has 0 bridgehead atoms. The molecule has 0 aliphatic carbocycles. The molecule has 58 heavy (non-hydrogen) atoms. The van der Waals surface area contributed by atoms with Gasteiger partial charge in [-0.1, -0.05) is 164 Å². The molecule has 3 heteroatoms. The van der Waals surface area contributed by atoms with E-state index in [1.807, 2.05) is 0 Å². The molecule has 4 heterocycles. The van der Waals surface area contributed by atoms with Crippen LogP contribution in [-0.2, 0) is 0 Å². The van der Waals surface area contributed by atoms with Crippen molar-refractivity contribution in [2.24, 2.45) is 0 Å². The van der Waals surface area contributed by atoms with Gasteiger partial charge < -0.3 is 4.40 Å². The van der Waals surface area contributed by atoms with Gasteiger partial charge in [0, 0.05) is 32.5 Å². The molecule has 0 saturated heterocycles. The van der Waals surface area contributed by atoms with Crippen LogP contribution in [0.5, 0.6) is 0 Å². The lowest BCUT2D eigenvalue weighted by molar-refractivity contribution is 1.09. The first kappa shape index (κ1) is 32.5. The molecule has 0 radical (unpaired) electrons. The Labute approximate surface area is 335 Å². The molecule has 0 atom stereocenters. The van der Waals surface area contributed by atoms with Crippen molar-refractivity contribution in [3.05, 3.63) is 212 Å². The number of pyridine rings is 2. The normalized spacial score (nSPS) is 11.8. The van der Waals surface area contributed by atoms with Gasteiger partial charge in [0.15, 0.2) is 0 Å². The van der Waals surface area contributed by atoms with E-state index in [4.69, 9.17) is 4.98 Å². The lowest BCUT2D eigenvalue weighted by Crippen LogP contribution is -2.00. The zero-order chi connectivity index (χ0) is 38.2. The number of fused-ring (bicyclic) bond motifs is 12. The van der Waals surface area contributed by atoms with E-state index < -0.39 is 0 Å². The summed E-state index contributed by atoms with van der Waals surface area (Å²) in [6.07, 6.45) is 0. The predicted molar refractivity (Wildman–Crippen MR) is 244 cm³/mol. The fourth-order valence-electron chi connectivity index (χ4n) is 9.22. The van der Waals surface area contributed by atoms with Crippen LogP contribution in [0, 0.1) is 0 Å². The summed E-state index contributed by atoms with van der Waals surface area (Å²) in [6, 6.07) is 76.8. The minimum atomic E-state index is 0.881. The van der Waals surface area contributed by atoms with E-state index in [2.05, 4.69) is 221 Å². The molecule has 0 fully saturated rings. The van der Waals surface area contributed by atoms with Gasteiger partial charge in [-0.2, -0.15) is 0 Å². The largest absolute Gasteiger partial charge is 0.309 e. The smallest absolute Gasteiger partial charge is 0.138 e. The number of para-hydroxylation sites is 2. The van der Waals surface area contributed by atoms with E-state index in [9.17, 15) is 0 Å². The molecule has 0 aliphatic heterocycles. The van der Waals surface area contributed by atoms with E-state index in [-0.39, 0.29) is 0 Å². The number of hydrogen-bond donors (Lipinski definition) is 0. The second-order valence-electron chi connectivity index (χ2n) is 15.2. The van der Waals surface area contributed by atoms with Crippen molar-refractivity contribution >= 4 is 59.9 Å². The Bertz CT molecular complexity index is 3460. The average Bonchev–Trinajstić information content (AvgIpc) is 3.87. The van der Waals surface area contributed by atoms with Crippen molar-refractivity contribution in [3.63, 3.8) is 0 Å². The van der Waals surface area contributed by atoms with Gasteiger partial charge in [-0.25, -0.2) is 4.98 Å². The first-order chi connectivity index (χ1) is 28.8. The summed E-state index contributed by atoms with van der Waals surface area (Å²) in [7, 11) is 0. The van der Waals surface area contributed by atoms with Crippen molar-refractivity contribution in [2.75, 3.05) is 0 Å². The lowest BCUT2D eigenvalue weighted by atomic mass is 9.97. The van der Waals surface area contributed by atoms with E-state index in [1.165, 1.54) is 65.6 Å². The topological polar surface area (TPSA) is 22.2 Å². The summed E-state index contributed by atoms with van der Waals surface area (Å²) in [6.45, 7) is 0. The van der Waals surface area contributed by atoms with Gasteiger partial charge >= 0.3 is 0 Å². The zero-order valence-electron chi connectivity index (χ0n) is 31.5. The summed E-state index contributed by atoms with van der Waals surface area (Å²) in [5, 5.41) is 7.36. The minimum Gasteiger partial charge on any atom is -0.309 e. The molecule has 8 aromatic carbocycles. The van der Waals surface area contributed by atoms with Crippen LogP contribution in [0.2, 0.25) is 0 Å². The van der Waals surface area contributed by atoms with Crippen LogP contribution in [0.15, 0.2) is 212 Å². The van der Waals surface area contributed by atoms with Crippen molar-refractivity contribution < 1.29 is 0 Å². The molecule has 12 aromatic rings. The first-order valence-corrected chi connectivity index (χ1v) is 19.9. The Hall–Kier alpha value is -7.75. The van der Waals surface area contributed by atoms with E-state index >= 15 is 0 Å². The SMILES string of the molecule is c1ccc(-c2cccc(-c3cc(-c4cccc(-c5ccccc5)c4)nc(-n4c5ccccc5c5ccc6c(cc7c8ccccc8c8ccccc8n76)c54)c3)c2)cc1. The number of benzene rings is 8. The maximum atomic E-state index is 5.60. The maximum Gasteiger partial charge on any atom is 0.138 e. The summed E-state index contributed by atoms with van der Waals surface area (Å²) < 4.78 is 4.86. The molecule has 0 unspecified atom stereocenters. The Balaban J connectivity index is 1.18. The molecule has 0 saturated carbocycles. The molecule has 0 amide bonds. The van der Waals surface area contributed by atoms with Gasteiger partial charge in [-0.15, -0.1) is 0 Å². The van der Waals surface area contributed by atoms with Gasteiger partial charge in [0.25, 0.3) is 0 Å². The van der Waals surface area contributed by atoms with Crippen LogP contribution in [0.4, 0.5) is 0 Å². The number of aromatic nitrogens is 3. The summed E-state index contributed by atoms with van der Waals surface area (Å²) in [5.74, 6) is 0.881. The second kappa shape index (κ2) is 12.9. The highest BCUT2D eigenvalue weighted by molar-refractivity contribution is 6.22. The monoisotopic (exact) mass is 737 g/mol. The average molecular weight is 738 g/mol. The molecule has 0 spiro atoms. The highest BCUT2D eigenvalue weighted by Gasteiger charge is 2.21. The van der Waals surface area contributed by atoms with Crippen LogP contribution in [0.25, 0.3) is 110 Å². The molecule has 0 N–H and O–H groups in total. The minimum absolute atomic E-state index is 0.881. The highest BCUT2D eigenvalue weighted by Crippen LogP contribution is 2.42. The van der Waals surface area contributed by atoms with Crippen LogP contribution < -0.4 is 0 Å². The van der Waals surface area contributed by atoms with Crippen molar-refractivity contribution in [2.45, 2.75) is 0 Å². The molecular formula is C55H35N3. The Kier molecular flexibility index (Phi) is 7.23. The van der Waals surface area contributed by atoms with Crippen LogP contribution in [0.3, 0.4) is 0 Å². The fraction of sp³-hybridized carbons (Fsp3) is 0. The molecular weight excluding hydrogens is 703 g/mol. The first-order valence-electron chi connectivity index (χ1n) is 19.9. The molecule has 12 rings (SSSR count). The van der Waals surface area contributed by atoms with Crippen LogP contribution in [-0.4, -0.2) is 14.0 Å². The summed E-state index contributed by atoms with van der Waals surface area (Å²) in [5.41, 5.74) is 14.8. The number of nitrogens with zero attached hydrogens (tertiary/aromatic N) is 3. The lowest BCUT2D eigenvalue weighted by Gasteiger charge is -2.14. The predicted octanol–water partition coefficient (Wildman–Crippen LogP) is 14.6. The van der Waals surface area contributed by atoms with Crippen molar-refractivity contribution in [3.8, 4) is 50.5 Å². The van der Waals surface area contributed by atoms with E-state index in [1.54, 1.807) is 0 Å². The molecule has 0 aliphatic rings. The van der Waals surface area contributed by atoms with Crippen LogP contribution in [0.1, 0.15) is 0 Å². The standard InChI is InChI=1S/C55H35N3/c1-3-15-36(16-4-1)38-19-13-21-40(31-38)42-33-49(41-22-14-20-39(32-41)37-17-5-2-6-18-37)56-54(34-42)58-51-28-12-10-26-46(51)47-29-30-52-48(55(47)58)35-53-45-25-8-7-23-43(45)44-24-9-11-27-50(44)57(52)53/h1-35H. The third kappa shape index (κ3) is 5.04. The van der Waals surface area contributed by atoms with Gasteiger partial charge in [-0.05, 0) is 87.3 Å². The summed E-state index contributed by atoms with van der Waals surface area (Å²) >= 11 is 0. The Morgan fingerprint density at radius 1 is 0.276 bits per heavy atom. The highest BCUT2D eigenvalue weighted by atomic mass is 15.1.